The Morgan fingerprint density at radius 2 is 1.70 bits per heavy atom. The van der Waals surface area contributed by atoms with E-state index in [9.17, 15) is 24.5 Å². The lowest BCUT2D eigenvalue weighted by molar-refractivity contribution is -0.385. The molecule has 27 heavy (non-hydrogen) atoms. The number of benzene rings is 2. The number of carbonyl (C=O) groups excluding carboxylic acids is 3. The number of hydrogen-bond acceptors (Lipinski definition) is 5. The highest BCUT2D eigenvalue weighted by molar-refractivity contribution is 6.24. The highest BCUT2D eigenvalue weighted by Crippen LogP contribution is 2.31. The zero-order chi connectivity index (χ0) is 20.0. The first-order valence-corrected chi connectivity index (χ1v) is 8.39. The van der Waals surface area contributed by atoms with Gasteiger partial charge in [0.25, 0.3) is 17.5 Å². The molecule has 0 radical (unpaired) electrons. The van der Waals surface area contributed by atoms with Crippen LogP contribution in [0.25, 0.3) is 0 Å². The first kappa shape index (κ1) is 18.4. The standard InChI is InChI=1S/C20H18N2O5/c1-10-8-15(13(4)12(3)11(10)2)17(23)9-21-19(24)14-6-5-7-16(22(26)27)18(14)20(21)25/h5-8H,9H2,1-4H3. The van der Waals surface area contributed by atoms with E-state index in [0.29, 0.717) is 5.56 Å². The first-order valence-electron chi connectivity index (χ1n) is 8.39. The molecule has 0 fully saturated rings. The fourth-order valence-electron chi connectivity index (χ4n) is 3.34. The van der Waals surface area contributed by atoms with E-state index in [-0.39, 0.29) is 16.9 Å². The maximum absolute atomic E-state index is 12.8. The van der Waals surface area contributed by atoms with Gasteiger partial charge in [-0.25, -0.2) is 0 Å². The van der Waals surface area contributed by atoms with Crippen LogP contribution in [0.1, 0.15) is 53.3 Å². The Bertz CT molecular complexity index is 1040. The third kappa shape index (κ3) is 2.81. The van der Waals surface area contributed by atoms with Crippen molar-refractivity contribution in [1.29, 1.82) is 0 Å². The van der Waals surface area contributed by atoms with Crippen molar-refractivity contribution in [3.8, 4) is 0 Å². The van der Waals surface area contributed by atoms with Crippen LogP contribution >= 0.6 is 0 Å². The van der Waals surface area contributed by atoms with Gasteiger partial charge in [-0.2, -0.15) is 0 Å². The molecule has 7 heteroatoms. The van der Waals surface area contributed by atoms with E-state index in [1.165, 1.54) is 18.2 Å². The number of nitrogens with zero attached hydrogens (tertiary/aromatic N) is 2. The van der Waals surface area contributed by atoms with Crippen molar-refractivity contribution in [2.24, 2.45) is 0 Å². The lowest BCUT2D eigenvalue weighted by Crippen LogP contribution is -2.35. The Balaban J connectivity index is 1.97. The summed E-state index contributed by atoms with van der Waals surface area (Å²) in [6.45, 7) is 7.15. The van der Waals surface area contributed by atoms with Crippen molar-refractivity contribution in [2.45, 2.75) is 27.7 Å². The summed E-state index contributed by atoms with van der Waals surface area (Å²) in [7, 11) is 0. The summed E-state index contributed by atoms with van der Waals surface area (Å²) in [5.74, 6) is -1.88. The van der Waals surface area contributed by atoms with Gasteiger partial charge in [0.05, 0.1) is 17.0 Å². The van der Waals surface area contributed by atoms with E-state index in [0.717, 1.165) is 27.2 Å². The molecule has 0 N–H and O–H groups in total. The summed E-state index contributed by atoms with van der Waals surface area (Å²) in [6.07, 6.45) is 0. The SMILES string of the molecule is Cc1cc(C(=O)CN2C(=O)c3cccc([N+](=O)[O-])c3C2=O)c(C)c(C)c1C. The number of aryl methyl sites for hydroxylation is 1. The second kappa shape index (κ2) is 6.42. The Hall–Kier alpha value is -3.35. The molecule has 0 saturated heterocycles. The molecular formula is C20H18N2O5. The van der Waals surface area contributed by atoms with Gasteiger partial charge >= 0.3 is 0 Å². The van der Waals surface area contributed by atoms with E-state index >= 15 is 0 Å². The second-order valence-corrected chi connectivity index (χ2v) is 6.69. The van der Waals surface area contributed by atoms with Crippen LogP contribution in [0.15, 0.2) is 24.3 Å². The molecule has 0 spiro atoms. The molecule has 0 atom stereocenters. The molecule has 1 aliphatic heterocycles. The zero-order valence-electron chi connectivity index (χ0n) is 15.5. The summed E-state index contributed by atoms with van der Waals surface area (Å²) in [6, 6.07) is 5.63. The lowest BCUT2D eigenvalue weighted by Gasteiger charge is -2.17. The number of Topliss-reactive ketones (excluding diaryl/α,β-unsaturated/α-hetero) is 1. The van der Waals surface area contributed by atoms with Gasteiger partial charge in [-0.3, -0.25) is 29.4 Å². The summed E-state index contributed by atoms with van der Waals surface area (Å²) < 4.78 is 0. The van der Waals surface area contributed by atoms with E-state index in [1.54, 1.807) is 6.07 Å². The van der Waals surface area contributed by atoms with Crippen molar-refractivity contribution < 1.29 is 19.3 Å². The van der Waals surface area contributed by atoms with E-state index in [4.69, 9.17) is 0 Å². The van der Waals surface area contributed by atoms with E-state index in [1.807, 2.05) is 27.7 Å². The minimum Gasteiger partial charge on any atom is -0.292 e. The number of rotatable bonds is 4. The number of ketones is 1. The number of nitro benzene ring substituents is 1. The van der Waals surface area contributed by atoms with Crippen LogP contribution in [0.3, 0.4) is 0 Å². The van der Waals surface area contributed by atoms with Crippen LogP contribution in [0, 0.1) is 37.8 Å². The average Bonchev–Trinajstić information content (AvgIpc) is 2.87. The topological polar surface area (TPSA) is 97.6 Å². The normalized spacial score (nSPS) is 13.1. The summed E-state index contributed by atoms with van der Waals surface area (Å²) in [5.41, 5.74) is 3.52. The Labute approximate surface area is 155 Å². The smallest absolute Gasteiger partial charge is 0.282 e. The zero-order valence-corrected chi connectivity index (χ0v) is 15.5. The molecule has 0 saturated carbocycles. The van der Waals surface area contributed by atoms with Crippen molar-refractivity contribution in [3.05, 3.63) is 73.3 Å². The summed E-state index contributed by atoms with van der Waals surface area (Å²) in [4.78, 5) is 49.2. The number of nitro groups is 1. The fourth-order valence-corrected chi connectivity index (χ4v) is 3.34. The largest absolute Gasteiger partial charge is 0.292 e. The maximum Gasteiger partial charge on any atom is 0.282 e. The predicted molar refractivity (Wildman–Crippen MR) is 98.2 cm³/mol. The van der Waals surface area contributed by atoms with Gasteiger partial charge in [-0.1, -0.05) is 6.07 Å². The number of hydrogen-bond donors (Lipinski definition) is 0. The molecule has 0 unspecified atom stereocenters. The van der Waals surface area contributed by atoms with Crippen LogP contribution in [-0.2, 0) is 0 Å². The van der Waals surface area contributed by atoms with E-state index < -0.39 is 29.0 Å². The predicted octanol–water partition coefficient (Wildman–Crippen LogP) is 3.31. The number of amides is 2. The van der Waals surface area contributed by atoms with Crippen molar-refractivity contribution >= 4 is 23.3 Å². The van der Waals surface area contributed by atoms with Crippen molar-refractivity contribution in [1.82, 2.24) is 4.90 Å². The Morgan fingerprint density at radius 1 is 1.04 bits per heavy atom. The van der Waals surface area contributed by atoms with Gasteiger partial charge in [0, 0.05) is 11.6 Å². The van der Waals surface area contributed by atoms with Crippen LogP contribution in [-0.4, -0.2) is 34.0 Å². The van der Waals surface area contributed by atoms with Gasteiger partial charge in [0.2, 0.25) is 0 Å². The third-order valence-electron chi connectivity index (χ3n) is 5.26. The highest BCUT2D eigenvalue weighted by Gasteiger charge is 2.41. The van der Waals surface area contributed by atoms with Gasteiger partial charge in [-0.05, 0) is 62.1 Å². The number of carbonyl (C=O) groups is 3. The molecule has 7 nitrogen and oxygen atoms in total. The first-order chi connectivity index (χ1) is 12.6. The lowest BCUT2D eigenvalue weighted by atomic mass is 9.92. The molecule has 3 rings (SSSR count). The number of fused-ring (bicyclic) bond motifs is 1. The molecule has 0 aromatic heterocycles. The van der Waals surface area contributed by atoms with Crippen LogP contribution in [0.5, 0.6) is 0 Å². The molecule has 0 bridgehead atoms. The molecule has 1 heterocycles. The Kier molecular flexibility index (Phi) is 4.39. The third-order valence-corrected chi connectivity index (χ3v) is 5.26. The summed E-state index contributed by atoms with van der Waals surface area (Å²) in [5, 5.41) is 11.2. The van der Waals surface area contributed by atoms with Gasteiger partial charge in [0.1, 0.15) is 5.56 Å². The molecule has 2 amide bonds. The maximum atomic E-state index is 12.8. The van der Waals surface area contributed by atoms with E-state index in [2.05, 4.69) is 0 Å². The van der Waals surface area contributed by atoms with Crippen LogP contribution in [0.2, 0.25) is 0 Å². The average molecular weight is 366 g/mol. The van der Waals surface area contributed by atoms with Crippen molar-refractivity contribution in [3.63, 3.8) is 0 Å². The number of imide groups is 1. The molecule has 138 valence electrons. The minimum atomic E-state index is -0.811. The molecular weight excluding hydrogens is 348 g/mol. The quantitative estimate of drug-likeness (QED) is 0.358. The second-order valence-electron chi connectivity index (χ2n) is 6.69. The Morgan fingerprint density at radius 3 is 2.33 bits per heavy atom. The summed E-state index contributed by atoms with van der Waals surface area (Å²) >= 11 is 0. The molecule has 1 aliphatic rings. The highest BCUT2D eigenvalue weighted by atomic mass is 16.6. The van der Waals surface area contributed by atoms with Gasteiger partial charge in [-0.15, -0.1) is 0 Å². The molecule has 2 aromatic carbocycles. The van der Waals surface area contributed by atoms with Crippen LogP contribution < -0.4 is 0 Å². The van der Waals surface area contributed by atoms with Gasteiger partial charge < -0.3 is 0 Å². The minimum absolute atomic E-state index is 0.0463. The molecule has 2 aromatic rings. The fraction of sp³-hybridized carbons (Fsp3) is 0.250. The van der Waals surface area contributed by atoms with Gasteiger partial charge in [0.15, 0.2) is 5.78 Å². The monoisotopic (exact) mass is 366 g/mol. The van der Waals surface area contributed by atoms with Crippen LogP contribution in [0.4, 0.5) is 5.69 Å². The molecule has 0 aliphatic carbocycles. The van der Waals surface area contributed by atoms with Crippen molar-refractivity contribution in [2.75, 3.05) is 6.54 Å².